The Kier molecular flexibility index (Phi) is 4.91. The molecule has 6 rings (SSSR count). The molecule has 3 heteroatoms. The predicted molar refractivity (Wildman–Crippen MR) is 151 cm³/mol. The molecule has 0 radical (unpaired) electrons. The van der Waals surface area contributed by atoms with E-state index in [0.29, 0.717) is 0 Å². The first kappa shape index (κ1) is 22.6. The van der Waals surface area contributed by atoms with Crippen LogP contribution in [0.15, 0.2) is 97.7 Å². The highest BCUT2D eigenvalue weighted by Gasteiger charge is 2.59. The summed E-state index contributed by atoms with van der Waals surface area (Å²) in [5.74, 6) is 1.01. The number of pyridine rings is 1. The van der Waals surface area contributed by atoms with Crippen LogP contribution in [0.3, 0.4) is 0 Å². The van der Waals surface area contributed by atoms with Crippen LogP contribution < -0.4 is 9.80 Å². The van der Waals surface area contributed by atoms with E-state index in [2.05, 4.69) is 130 Å². The van der Waals surface area contributed by atoms with Crippen LogP contribution in [0.2, 0.25) is 0 Å². The summed E-state index contributed by atoms with van der Waals surface area (Å²) in [6.45, 7) is 15.9. The van der Waals surface area contributed by atoms with Crippen molar-refractivity contribution in [3.05, 3.63) is 114 Å². The SMILES string of the molecule is C=CC1(C)c2cc(-c3c(C)cccc3C)ccc2N2c3ncccc3N(c3ccccc3)C2C1(C)C. The van der Waals surface area contributed by atoms with Gasteiger partial charge in [-0.3, -0.25) is 0 Å². The van der Waals surface area contributed by atoms with E-state index >= 15 is 0 Å². The predicted octanol–water partition coefficient (Wildman–Crippen LogP) is 8.46. The summed E-state index contributed by atoms with van der Waals surface area (Å²) in [7, 11) is 0. The monoisotopic (exact) mass is 471 g/mol. The van der Waals surface area contributed by atoms with Gasteiger partial charge >= 0.3 is 0 Å². The van der Waals surface area contributed by atoms with E-state index in [4.69, 9.17) is 4.98 Å². The number of benzene rings is 3. The van der Waals surface area contributed by atoms with E-state index in [9.17, 15) is 0 Å². The number of nitrogens with zero attached hydrogens (tertiary/aromatic N) is 3. The molecule has 0 amide bonds. The highest BCUT2D eigenvalue weighted by atomic mass is 15.5. The molecule has 0 N–H and O–H groups in total. The molecular weight excluding hydrogens is 438 g/mol. The molecule has 0 saturated heterocycles. The summed E-state index contributed by atoms with van der Waals surface area (Å²) in [5, 5.41) is 0. The molecule has 4 aromatic rings. The Morgan fingerprint density at radius 2 is 1.53 bits per heavy atom. The van der Waals surface area contributed by atoms with Crippen LogP contribution >= 0.6 is 0 Å². The van der Waals surface area contributed by atoms with Gasteiger partial charge in [0.1, 0.15) is 6.17 Å². The minimum Gasteiger partial charge on any atom is -0.316 e. The smallest absolute Gasteiger partial charge is 0.158 e. The van der Waals surface area contributed by atoms with Gasteiger partial charge in [0.2, 0.25) is 0 Å². The second-order valence-corrected chi connectivity index (χ2v) is 10.9. The normalized spacial score (nSPS) is 21.5. The molecule has 3 aromatic carbocycles. The molecule has 2 aliphatic heterocycles. The van der Waals surface area contributed by atoms with Gasteiger partial charge in [0.25, 0.3) is 0 Å². The molecule has 0 fully saturated rings. The summed E-state index contributed by atoms with van der Waals surface area (Å²) in [5.41, 5.74) is 9.51. The average molecular weight is 472 g/mol. The quantitative estimate of drug-likeness (QED) is 0.279. The Morgan fingerprint density at radius 3 is 2.22 bits per heavy atom. The summed E-state index contributed by atoms with van der Waals surface area (Å²) < 4.78 is 0. The van der Waals surface area contributed by atoms with Crippen molar-refractivity contribution in [1.29, 1.82) is 0 Å². The van der Waals surface area contributed by atoms with Crippen molar-refractivity contribution in [2.45, 2.75) is 46.2 Å². The largest absolute Gasteiger partial charge is 0.316 e. The maximum absolute atomic E-state index is 4.92. The first-order chi connectivity index (χ1) is 17.3. The van der Waals surface area contributed by atoms with Crippen molar-refractivity contribution in [1.82, 2.24) is 4.98 Å². The Morgan fingerprint density at radius 1 is 0.806 bits per heavy atom. The molecule has 0 aliphatic carbocycles. The highest BCUT2D eigenvalue weighted by Crippen LogP contribution is 2.62. The fourth-order valence-electron chi connectivity index (χ4n) is 6.46. The van der Waals surface area contributed by atoms with Gasteiger partial charge in [-0.15, -0.1) is 6.58 Å². The Labute approximate surface area is 214 Å². The maximum atomic E-state index is 4.92. The number of aromatic nitrogens is 1. The zero-order chi connectivity index (χ0) is 25.2. The number of anilines is 4. The number of allylic oxidation sites excluding steroid dienone is 1. The third-order valence-corrected chi connectivity index (χ3v) is 8.75. The molecule has 0 saturated carbocycles. The minimum absolute atomic E-state index is 0.0475. The van der Waals surface area contributed by atoms with Gasteiger partial charge < -0.3 is 9.80 Å². The van der Waals surface area contributed by atoms with Gasteiger partial charge in [-0.2, -0.15) is 0 Å². The van der Waals surface area contributed by atoms with Crippen LogP contribution in [0, 0.1) is 19.3 Å². The van der Waals surface area contributed by atoms with Crippen LogP contribution in [0.4, 0.5) is 22.9 Å². The number of fused-ring (bicyclic) bond motifs is 5. The Bertz CT molecular complexity index is 1470. The first-order valence-corrected chi connectivity index (χ1v) is 12.7. The fraction of sp³-hybridized carbons (Fsp3) is 0.242. The van der Waals surface area contributed by atoms with E-state index in [-0.39, 0.29) is 17.0 Å². The molecule has 2 atom stereocenters. The van der Waals surface area contributed by atoms with Crippen molar-refractivity contribution in [3.63, 3.8) is 0 Å². The molecule has 180 valence electrons. The molecule has 1 aromatic heterocycles. The van der Waals surface area contributed by atoms with E-state index in [1.165, 1.54) is 39.2 Å². The molecular formula is C33H33N3. The van der Waals surface area contributed by atoms with Crippen molar-refractivity contribution in [3.8, 4) is 11.1 Å². The lowest BCUT2D eigenvalue weighted by Crippen LogP contribution is -2.60. The van der Waals surface area contributed by atoms with Gasteiger partial charge in [0.15, 0.2) is 5.82 Å². The summed E-state index contributed by atoms with van der Waals surface area (Å²) in [4.78, 5) is 9.85. The Balaban J connectivity index is 1.64. The van der Waals surface area contributed by atoms with Crippen LogP contribution in [-0.2, 0) is 5.41 Å². The Hall–Kier alpha value is -3.85. The van der Waals surface area contributed by atoms with Crippen molar-refractivity contribution in [2.75, 3.05) is 9.80 Å². The lowest BCUT2D eigenvalue weighted by atomic mass is 9.58. The lowest BCUT2D eigenvalue weighted by Gasteiger charge is -2.56. The van der Waals surface area contributed by atoms with Crippen LogP contribution in [0.1, 0.15) is 37.5 Å². The third kappa shape index (κ3) is 2.89. The molecule has 0 spiro atoms. The van der Waals surface area contributed by atoms with Crippen molar-refractivity contribution >= 4 is 22.9 Å². The van der Waals surface area contributed by atoms with Gasteiger partial charge in [0, 0.05) is 28.4 Å². The number of hydrogen-bond acceptors (Lipinski definition) is 3. The van der Waals surface area contributed by atoms with Gasteiger partial charge in [-0.1, -0.05) is 69.3 Å². The van der Waals surface area contributed by atoms with Crippen molar-refractivity contribution in [2.24, 2.45) is 5.41 Å². The van der Waals surface area contributed by atoms with E-state index in [0.717, 1.165) is 11.5 Å². The lowest BCUT2D eigenvalue weighted by molar-refractivity contribution is 0.171. The number of aryl methyl sites for hydroxylation is 2. The topological polar surface area (TPSA) is 19.4 Å². The van der Waals surface area contributed by atoms with Crippen molar-refractivity contribution < 1.29 is 0 Å². The summed E-state index contributed by atoms with van der Waals surface area (Å²) in [6, 6.07) is 28.4. The van der Waals surface area contributed by atoms with Crippen LogP contribution in [-0.4, -0.2) is 11.1 Å². The molecule has 3 nitrogen and oxygen atoms in total. The minimum atomic E-state index is -0.273. The molecule has 3 heterocycles. The number of para-hydroxylation sites is 1. The highest BCUT2D eigenvalue weighted by molar-refractivity contribution is 5.90. The summed E-state index contributed by atoms with van der Waals surface area (Å²) >= 11 is 0. The van der Waals surface area contributed by atoms with Gasteiger partial charge in [0.05, 0.1) is 5.69 Å². The zero-order valence-corrected chi connectivity index (χ0v) is 21.8. The average Bonchev–Trinajstić information content (AvgIpc) is 3.24. The van der Waals surface area contributed by atoms with E-state index < -0.39 is 0 Å². The van der Waals surface area contributed by atoms with Crippen LogP contribution in [0.25, 0.3) is 11.1 Å². The summed E-state index contributed by atoms with van der Waals surface area (Å²) in [6.07, 6.45) is 4.12. The second kappa shape index (κ2) is 7.83. The van der Waals surface area contributed by atoms with Gasteiger partial charge in [-0.05, 0) is 78.1 Å². The number of hydrogen-bond donors (Lipinski definition) is 0. The standard InChI is InChI=1S/C33H33N3/c1-7-33(6)26-21-24(29-22(2)13-11-14-23(29)3)18-19-27(26)36-30-28(17-12-20-34-30)35(31(36)32(33,4)5)25-15-9-8-10-16-25/h7-21,31H,1H2,2-6H3. The van der Waals surface area contributed by atoms with Gasteiger partial charge in [-0.25, -0.2) is 4.98 Å². The molecule has 36 heavy (non-hydrogen) atoms. The molecule has 2 aliphatic rings. The number of rotatable bonds is 3. The zero-order valence-electron chi connectivity index (χ0n) is 21.8. The first-order valence-electron chi connectivity index (χ1n) is 12.7. The third-order valence-electron chi connectivity index (χ3n) is 8.75. The maximum Gasteiger partial charge on any atom is 0.158 e. The molecule has 2 unspecified atom stereocenters. The molecule has 0 bridgehead atoms. The fourth-order valence-corrected chi connectivity index (χ4v) is 6.46. The van der Waals surface area contributed by atoms with Crippen LogP contribution in [0.5, 0.6) is 0 Å². The van der Waals surface area contributed by atoms with E-state index in [1.807, 2.05) is 12.3 Å². The second-order valence-electron chi connectivity index (χ2n) is 10.9. The van der Waals surface area contributed by atoms with E-state index in [1.54, 1.807) is 0 Å².